The Morgan fingerprint density at radius 3 is 2.67 bits per heavy atom. The molecule has 1 heterocycles. The Bertz CT molecular complexity index is 1120. The summed E-state index contributed by atoms with van der Waals surface area (Å²) in [5.41, 5.74) is 3.18. The Morgan fingerprint density at radius 2 is 1.90 bits per heavy atom. The van der Waals surface area contributed by atoms with E-state index in [2.05, 4.69) is 20.3 Å². The third kappa shape index (κ3) is 5.74. The number of nitrogens with zero attached hydrogens (tertiary/aromatic N) is 3. The highest BCUT2D eigenvalue weighted by atomic mass is 32.2. The summed E-state index contributed by atoms with van der Waals surface area (Å²) in [5, 5.41) is 3.11. The first-order valence-electron chi connectivity index (χ1n) is 9.29. The Hall–Kier alpha value is -3.04. The van der Waals surface area contributed by atoms with Gasteiger partial charge in [-0.3, -0.25) is 0 Å². The molecule has 0 saturated carbocycles. The van der Waals surface area contributed by atoms with Crippen molar-refractivity contribution in [2.75, 3.05) is 31.9 Å². The van der Waals surface area contributed by atoms with Gasteiger partial charge in [0.15, 0.2) is 15.7 Å². The van der Waals surface area contributed by atoms with Gasteiger partial charge < -0.3 is 14.8 Å². The van der Waals surface area contributed by atoms with Crippen LogP contribution in [0.25, 0.3) is 11.4 Å². The molecule has 1 aromatic heterocycles. The van der Waals surface area contributed by atoms with Gasteiger partial charge in [-0.2, -0.15) is 4.98 Å². The van der Waals surface area contributed by atoms with Crippen LogP contribution in [0.4, 0.5) is 11.6 Å². The van der Waals surface area contributed by atoms with E-state index in [0.29, 0.717) is 28.8 Å². The van der Waals surface area contributed by atoms with Crippen LogP contribution in [-0.2, 0) is 20.3 Å². The highest BCUT2D eigenvalue weighted by Crippen LogP contribution is 2.28. The zero-order valence-electron chi connectivity index (χ0n) is 17.1. The van der Waals surface area contributed by atoms with E-state index in [1.807, 2.05) is 31.2 Å². The van der Waals surface area contributed by atoms with E-state index in [0.717, 1.165) is 11.1 Å². The van der Waals surface area contributed by atoms with Gasteiger partial charge in [-0.05, 0) is 42.3 Å². The minimum absolute atomic E-state index is 0.0175. The lowest BCUT2D eigenvalue weighted by Gasteiger charge is -2.10. The monoisotopic (exact) mass is 428 g/mol. The largest absolute Gasteiger partial charge is 0.496 e. The number of ether oxygens (including phenoxy) is 2. The van der Waals surface area contributed by atoms with Crippen molar-refractivity contribution >= 4 is 21.5 Å². The van der Waals surface area contributed by atoms with Gasteiger partial charge in [0.1, 0.15) is 12.1 Å². The van der Waals surface area contributed by atoms with Gasteiger partial charge >= 0.3 is 0 Å². The van der Waals surface area contributed by atoms with Crippen molar-refractivity contribution in [3.05, 3.63) is 59.9 Å². The Labute approximate surface area is 176 Å². The summed E-state index contributed by atoms with van der Waals surface area (Å²) >= 11 is 0. The fraction of sp³-hybridized carbons (Fsp3) is 0.286. The van der Waals surface area contributed by atoms with E-state index >= 15 is 0 Å². The number of sulfone groups is 1. The van der Waals surface area contributed by atoms with Crippen molar-refractivity contribution in [2.24, 2.45) is 0 Å². The summed E-state index contributed by atoms with van der Waals surface area (Å²) < 4.78 is 34.6. The molecule has 8 nitrogen and oxygen atoms in total. The zero-order chi connectivity index (χ0) is 21.6. The molecule has 0 radical (unpaired) electrons. The van der Waals surface area contributed by atoms with Crippen molar-refractivity contribution < 1.29 is 17.9 Å². The molecule has 30 heavy (non-hydrogen) atoms. The molecule has 0 aliphatic rings. The predicted octanol–water partition coefficient (Wildman–Crippen LogP) is 3.16. The summed E-state index contributed by atoms with van der Waals surface area (Å²) in [6.07, 6.45) is 1.42. The van der Waals surface area contributed by atoms with Crippen molar-refractivity contribution in [1.29, 1.82) is 0 Å². The van der Waals surface area contributed by atoms with Gasteiger partial charge in [0.2, 0.25) is 5.95 Å². The molecule has 3 aromatic rings. The number of nitrogens with one attached hydrogen (secondary N) is 1. The molecule has 0 saturated heterocycles. The van der Waals surface area contributed by atoms with E-state index in [-0.39, 0.29) is 18.1 Å². The third-order valence-electron chi connectivity index (χ3n) is 4.34. The van der Waals surface area contributed by atoms with Gasteiger partial charge in [-0.15, -0.1) is 0 Å². The standard InChI is InChI=1S/C21H24N4O4S/c1-15-7-8-18(19(11-15)29-3)20-22-14-23-21(25-20)24-17-6-4-5-16(12-17)13-30(26,27)10-9-28-2/h4-8,11-12,14H,9-10,13H2,1-3H3,(H,22,23,24,25). The normalized spacial score (nSPS) is 11.3. The van der Waals surface area contributed by atoms with Crippen LogP contribution in [0, 0.1) is 6.92 Å². The summed E-state index contributed by atoms with van der Waals surface area (Å²) in [6.45, 7) is 2.16. The molecule has 158 valence electrons. The Morgan fingerprint density at radius 1 is 1.07 bits per heavy atom. The number of hydrogen-bond acceptors (Lipinski definition) is 8. The van der Waals surface area contributed by atoms with Crippen LogP contribution in [0.3, 0.4) is 0 Å². The summed E-state index contributed by atoms with van der Waals surface area (Å²) in [5.74, 6) is 1.42. The molecule has 1 N–H and O–H groups in total. The molecule has 0 atom stereocenters. The summed E-state index contributed by atoms with van der Waals surface area (Å²) in [7, 11) is -0.165. The molecule has 0 fully saturated rings. The number of hydrogen-bond donors (Lipinski definition) is 1. The average Bonchev–Trinajstić information content (AvgIpc) is 2.72. The van der Waals surface area contributed by atoms with Crippen LogP contribution in [0.1, 0.15) is 11.1 Å². The number of rotatable bonds is 9. The molecule has 9 heteroatoms. The molecular formula is C21H24N4O4S. The molecule has 0 amide bonds. The lowest BCUT2D eigenvalue weighted by Crippen LogP contribution is -2.13. The van der Waals surface area contributed by atoms with Gasteiger partial charge in [-0.1, -0.05) is 18.2 Å². The SMILES string of the molecule is COCCS(=O)(=O)Cc1cccc(Nc2ncnc(-c3ccc(C)cc3OC)n2)c1. The first-order valence-corrected chi connectivity index (χ1v) is 11.1. The molecule has 3 rings (SSSR count). The summed E-state index contributed by atoms with van der Waals surface area (Å²) in [4.78, 5) is 12.9. The van der Waals surface area contributed by atoms with Gasteiger partial charge in [0.25, 0.3) is 0 Å². The van der Waals surface area contributed by atoms with Crippen LogP contribution in [0.2, 0.25) is 0 Å². The Kier molecular flexibility index (Phi) is 6.96. The van der Waals surface area contributed by atoms with Crippen molar-refractivity contribution in [1.82, 2.24) is 15.0 Å². The van der Waals surface area contributed by atoms with Crippen molar-refractivity contribution in [3.63, 3.8) is 0 Å². The van der Waals surface area contributed by atoms with Crippen LogP contribution in [0.5, 0.6) is 5.75 Å². The van der Waals surface area contributed by atoms with E-state index in [9.17, 15) is 8.42 Å². The number of aromatic nitrogens is 3. The quantitative estimate of drug-likeness (QED) is 0.554. The van der Waals surface area contributed by atoms with E-state index in [1.165, 1.54) is 13.4 Å². The molecule has 0 aliphatic heterocycles. The average molecular weight is 429 g/mol. The first kappa shape index (κ1) is 21.7. The van der Waals surface area contributed by atoms with Crippen LogP contribution < -0.4 is 10.1 Å². The van der Waals surface area contributed by atoms with Gasteiger partial charge in [0.05, 0.1) is 30.8 Å². The zero-order valence-corrected chi connectivity index (χ0v) is 17.9. The minimum atomic E-state index is -3.25. The molecule has 2 aromatic carbocycles. The third-order valence-corrected chi connectivity index (χ3v) is 5.90. The number of benzene rings is 2. The molecular weight excluding hydrogens is 404 g/mol. The number of methoxy groups -OCH3 is 2. The second kappa shape index (κ2) is 9.64. The maximum atomic E-state index is 12.2. The van der Waals surface area contributed by atoms with E-state index in [1.54, 1.807) is 25.3 Å². The fourth-order valence-corrected chi connectivity index (χ4v) is 4.13. The second-order valence-corrected chi connectivity index (χ2v) is 8.93. The highest BCUT2D eigenvalue weighted by molar-refractivity contribution is 7.90. The molecule has 0 bridgehead atoms. The van der Waals surface area contributed by atoms with Crippen molar-refractivity contribution in [3.8, 4) is 17.1 Å². The van der Waals surface area contributed by atoms with Crippen molar-refractivity contribution in [2.45, 2.75) is 12.7 Å². The van der Waals surface area contributed by atoms with E-state index < -0.39 is 9.84 Å². The Balaban J connectivity index is 1.80. The topological polar surface area (TPSA) is 103 Å². The van der Waals surface area contributed by atoms with Crippen LogP contribution >= 0.6 is 0 Å². The number of aryl methyl sites for hydroxylation is 1. The molecule has 0 spiro atoms. The van der Waals surface area contributed by atoms with Crippen LogP contribution in [0.15, 0.2) is 48.8 Å². The highest BCUT2D eigenvalue weighted by Gasteiger charge is 2.13. The lowest BCUT2D eigenvalue weighted by atomic mass is 10.1. The minimum Gasteiger partial charge on any atom is -0.496 e. The maximum absolute atomic E-state index is 12.2. The van der Waals surface area contributed by atoms with Gasteiger partial charge in [-0.25, -0.2) is 18.4 Å². The smallest absolute Gasteiger partial charge is 0.230 e. The van der Waals surface area contributed by atoms with Crippen LogP contribution in [-0.4, -0.2) is 49.9 Å². The molecule has 0 aliphatic carbocycles. The molecule has 0 unspecified atom stereocenters. The fourth-order valence-electron chi connectivity index (χ4n) is 2.87. The number of anilines is 2. The maximum Gasteiger partial charge on any atom is 0.230 e. The van der Waals surface area contributed by atoms with Gasteiger partial charge in [0, 0.05) is 12.8 Å². The lowest BCUT2D eigenvalue weighted by molar-refractivity contribution is 0.217. The predicted molar refractivity (Wildman–Crippen MR) is 116 cm³/mol. The first-order chi connectivity index (χ1) is 14.4. The second-order valence-electron chi connectivity index (χ2n) is 6.75. The van der Waals surface area contributed by atoms with E-state index in [4.69, 9.17) is 9.47 Å². The summed E-state index contributed by atoms with van der Waals surface area (Å²) in [6, 6.07) is 12.9.